The van der Waals surface area contributed by atoms with E-state index in [0.29, 0.717) is 5.56 Å². The highest BCUT2D eigenvalue weighted by Gasteiger charge is 2.24. The molecule has 1 amide bonds. The quantitative estimate of drug-likeness (QED) is 0.297. The average Bonchev–Trinajstić information content (AvgIpc) is 2.38. The minimum absolute atomic E-state index is 0.160. The standard InChI is InChI=1S/C13H13N3O4/c1-8-4-5-9(11(6-8)16(19)20)12(17)10(7-14)13(18)15(2)3/h4-6,17H,1-3H3/b12-10-. The van der Waals surface area contributed by atoms with Crippen LogP contribution in [0.25, 0.3) is 5.76 Å². The maximum Gasteiger partial charge on any atom is 0.280 e. The molecule has 0 fully saturated rings. The molecule has 0 aliphatic carbocycles. The van der Waals surface area contributed by atoms with E-state index in [2.05, 4.69) is 0 Å². The van der Waals surface area contributed by atoms with E-state index < -0.39 is 22.2 Å². The minimum Gasteiger partial charge on any atom is -0.505 e. The van der Waals surface area contributed by atoms with Gasteiger partial charge >= 0.3 is 0 Å². The van der Waals surface area contributed by atoms with E-state index >= 15 is 0 Å². The largest absolute Gasteiger partial charge is 0.505 e. The van der Waals surface area contributed by atoms with Crippen molar-refractivity contribution in [3.63, 3.8) is 0 Å². The molecule has 0 aromatic heterocycles. The van der Waals surface area contributed by atoms with Crippen molar-refractivity contribution in [3.05, 3.63) is 45.0 Å². The molecule has 104 valence electrons. The second-order valence-corrected chi connectivity index (χ2v) is 4.31. The number of carbonyl (C=O) groups is 1. The molecule has 1 rings (SSSR count). The van der Waals surface area contributed by atoms with Gasteiger partial charge in [-0.15, -0.1) is 0 Å². The zero-order chi connectivity index (χ0) is 15.4. The molecule has 0 bridgehead atoms. The molecular formula is C13H13N3O4. The molecule has 20 heavy (non-hydrogen) atoms. The van der Waals surface area contributed by atoms with E-state index in [1.807, 2.05) is 0 Å². The van der Waals surface area contributed by atoms with E-state index in [0.717, 1.165) is 4.90 Å². The van der Waals surface area contributed by atoms with Crippen LogP contribution in [0.4, 0.5) is 5.69 Å². The van der Waals surface area contributed by atoms with E-state index in [4.69, 9.17) is 5.26 Å². The first-order valence-corrected chi connectivity index (χ1v) is 5.60. The van der Waals surface area contributed by atoms with Crippen LogP contribution in [0.5, 0.6) is 0 Å². The highest BCUT2D eigenvalue weighted by Crippen LogP contribution is 2.27. The van der Waals surface area contributed by atoms with Crippen LogP contribution in [0.2, 0.25) is 0 Å². The van der Waals surface area contributed by atoms with Crippen LogP contribution in [0.15, 0.2) is 23.8 Å². The first-order valence-electron chi connectivity index (χ1n) is 5.60. The lowest BCUT2D eigenvalue weighted by molar-refractivity contribution is -0.385. The Kier molecular flexibility index (Phi) is 4.43. The summed E-state index contributed by atoms with van der Waals surface area (Å²) in [6.07, 6.45) is 0. The Hall–Kier alpha value is -2.88. The Bertz CT molecular complexity index is 642. The molecule has 0 radical (unpaired) electrons. The molecule has 1 aromatic rings. The highest BCUT2D eigenvalue weighted by atomic mass is 16.6. The van der Waals surface area contributed by atoms with Crippen molar-refractivity contribution in [1.29, 1.82) is 5.26 Å². The molecular weight excluding hydrogens is 262 g/mol. The van der Waals surface area contributed by atoms with Gasteiger partial charge in [0.2, 0.25) is 0 Å². The van der Waals surface area contributed by atoms with Crippen LogP contribution >= 0.6 is 0 Å². The molecule has 0 aliphatic rings. The average molecular weight is 275 g/mol. The summed E-state index contributed by atoms with van der Waals surface area (Å²) < 4.78 is 0. The van der Waals surface area contributed by atoms with Crippen LogP contribution < -0.4 is 0 Å². The monoisotopic (exact) mass is 275 g/mol. The van der Waals surface area contributed by atoms with E-state index in [9.17, 15) is 20.0 Å². The van der Waals surface area contributed by atoms with Crippen molar-refractivity contribution in [1.82, 2.24) is 4.90 Å². The Balaban J connectivity index is 3.54. The Morgan fingerprint density at radius 3 is 2.50 bits per heavy atom. The molecule has 1 N–H and O–H groups in total. The van der Waals surface area contributed by atoms with Gasteiger partial charge in [0, 0.05) is 20.2 Å². The normalized spacial score (nSPS) is 11.3. The summed E-state index contributed by atoms with van der Waals surface area (Å²) in [6, 6.07) is 5.70. The van der Waals surface area contributed by atoms with E-state index in [1.165, 1.54) is 26.2 Å². The lowest BCUT2D eigenvalue weighted by Crippen LogP contribution is -2.24. The predicted molar refractivity (Wildman–Crippen MR) is 71.7 cm³/mol. The fourth-order valence-corrected chi connectivity index (χ4v) is 1.55. The van der Waals surface area contributed by atoms with E-state index in [-0.39, 0.29) is 11.3 Å². The maximum atomic E-state index is 11.8. The summed E-state index contributed by atoms with van der Waals surface area (Å²) in [4.78, 5) is 23.2. The summed E-state index contributed by atoms with van der Waals surface area (Å²) in [6.45, 7) is 1.66. The highest BCUT2D eigenvalue weighted by molar-refractivity contribution is 6.03. The number of nitrogens with zero attached hydrogens (tertiary/aromatic N) is 3. The third kappa shape index (κ3) is 2.92. The summed E-state index contributed by atoms with van der Waals surface area (Å²) >= 11 is 0. The van der Waals surface area contributed by atoms with Crippen molar-refractivity contribution in [2.24, 2.45) is 0 Å². The van der Waals surface area contributed by atoms with Gasteiger partial charge in [-0.3, -0.25) is 14.9 Å². The van der Waals surface area contributed by atoms with Gasteiger partial charge in [0.05, 0.1) is 10.5 Å². The molecule has 7 heteroatoms. The second kappa shape index (κ2) is 5.84. The van der Waals surface area contributed by atoms with Crippen LogP contribution in [-0.2, 0) is 4.79 Å². The zero-order valence-electron chi connectivity index (χ0n) is 11.2. The van der Waals surface area contributed by atoms with Crippen molar-refractivity contribution in [2.45, 2.75) is 6.92 Å². The molecule has 0 saturated carbocycles. The fraction of sp³-hybridized carbons (Fsp3) is 0.231. The van der Waals surface area contributed by atoms with Crippen molar-refractivity contribution in [2.75, 3.05) is 14.1 Å². The number of nitro groups is 1. The number of aryl methyl sites for hydroxylation is 1. The molecule has 0 saturated heterocycles. The van der Waals surface area contributed by atoms with Crippen molar-refractivity contribution in [3.8, 4) is 6.07 Å². The topological polar surface area (TPSA) is 107 Å². The summed E-state index contributed by atoms with van der Waals surface area (Å²) in [7, 11) is 2.83. The SMILES string of the molecule is Cc1ccc(/C(O)=C(\C#N)C(=O)N(C)C)c([N+](=O)[O-])c1. The maximum absolute atomic E-state index is 11.8. The van der Waals surface area contributed by atoms with Crippen molar-refractivity contribution < 1.29 is 14.8 Å². The van der Waals surface area contributed by atoms with Gasteiger partial charge in [0.15, 0.2) is 11.3 Å². The first-order chi connectivity index (χ1) is 9.29. The lowest BCUT2D eigenvalue weighted by atomic mass is 10.0. The number of aliphatic hydroxyl groups excluding tert-OH is 1. The smallest absolute Gasteiger partial charge is 0.280 e. The molecule has 0 aliphatic heterocycles. The summed E-state index contributed by atoms with van der Waals surface area (Å²) in [5.74, 6) is -1.42. The molecule has 1 aromatic carbocycles. The van der Waals surface area contributed by atoms with Gasteiger partial charge in [0.25, 0.3) is 11.6 Å². The molecule has 0 spiro atoms. The van der Waals surface area contributed by atoms with Crippen LogP contribution in [-0.4, -0.2) is 34.9 Å². The molecule has 7 nitrogen and oxygen atoms in total. The number of hydrogen-bond acceptors (Lipinski definition) is 5. The van der Waals surface area contributed by atoms with Gasteiger partial charge in [0.1, 0.15) is 6.07 Å². The van der Waals surface area contributed by atoms with E-state index in [1.54, 1.807) is 19.1 Å². The van der Waals surface area contributed by atoms with Gasteiger partial charge in [-0.05, 0) is 18.6 Å². The van der Waals surface area contributed by atoms with Crippen molar-refractivity contribution >= 4 is 17.4 Å². The Morgan fingerprint density at radius 2 is 2.05 bits per heavy atom. The number of rotatable bonds is 3. The molecule has 0 atom stereocenters. The van der Waals surface area contributed by atoms with Gasteiger partial charge < -0.3 is 10.0 Å². The molecule has 0 heterocycles. The lowest BCUT2D eigenvalue weighted by Gasteiger charge is -2.11. The number of likely N-dealkylation sites (N-methyl/N-ethyl adjacent to an activating group) is 1. The predicted octanol–water partition coefficient (Wildman–Crippen LogP) is 1.78. The number of amides is 1. The Morgan fingerprint density at radius 1 is 1.45 bits per heavy atom. The third-order valence-corrected chi connectivity index (χ3v) is 2.57. The third-order valence-electron chi connectivity index (χ3n) is 2.57. The van der Waals surface area contributed by atoms with Crippen LogP contribution in [0.1, 0.15) is 11.1 Å². The number of aliphatic hydroxyl groups is 1. The first kappa shape index (κ1) is 15.2. The van der Waals surface area contributed by atoms with Gasteiger partial charge in [-0.2, -0.15) is 5.26 Å². The van der Waals surface area contributed by atoms with Gasteiger partial charge in [-0.1, -0.05) is 6.07 Å². The number of nitro benzene ring substituents is 1. The van der Waals surface area contributed by atoms with Crippen LogP contribution in [0.3, 0.4) is 0 Å². The van der Waals surface area contributed by atoms with Crippen LogP contribution in [0, 0.1) is 28.4 Å². The number of carbonyl (C=O) groups excluding carboxylic acids is 1. The van der Waals surface area contributed by atoms with Gasteiger partial charge in [-0.25, -0.2) is 0 Å². The number of hydrogen-bond donors (Lipinski definition) is 1. The number of nitriles is 1. The fourth-order valence-electron chi connectivity index (χ4n) is 1.55. The zero-order valence-corrected chi connectivity index (χ0v) is 11.2. The minimum atomic E-state index is -0.722. The summed E-state index contributed by atoms with van der Waals surface area (Å²) in [5.41, 5.74) is -0.429. The summed E-state index contributed by atoms with van der Waals surface area (Å²) in [5, 5.41) is 30.0. The second-order valence-electron chi connectivity index (χ2n) is 4.31. The Labute approximate surface area is 115 Å². The molecule has 0 unspecified atom stereocenters. The number of benzene rings is 1.